The molecule has 0 bridgehead atoms. The summed E-state index contributed by atoms with van der Waals surface area (Å²) in [7, 11) is 0. The van der Waals surface area contributed by atoms with Gasteiger partial charge in [-0.25, -0.2) is 4.79 Å². The zero-order chi connectivity index (χ0) is 12.4. The van der Waals surface area contributed by atoms with Crippen LogP contribution in [0.3, 0.4) is 0 Å². The van der Waals surface area contributed by atoms with Crippen molar-refractivity contribution >= 4 is 6.09 Å². The number of hydrogen-bond acceptors (Lipinski definition) is 4. The molecule has 1 saturated heterocycles. The normalized spacial score (nSPS) is 26.7. The fourth-order valence-corrected chi connectivity index (χ4v) is 1.76. The number of ether oxygens (including phenoxy) is 1. The number of likely N-dealkylation sites (tertiary alicyclic amines) is 1. The predicted molar refractivity (Wildman–Crippen MR) is 58.8 cm³/mol. The molecule has 0 saturated carbocycles. The number of aliphatic hydroxyl groups excluding tert-OH is 1. The summed E-state index contributed by atoms with van der Waals surface area (Å²) in [6, 6.07) is 0. The Morgan fingerprint density at radius 1 is 1.44 bits per heavy atom. The van der Waals surface area contributed by atoms with Crippen molar-refractivity contribution < 1.29 is 19.7 Å². The van der Waals surface area contributed by atoms with E-state index in [1.807, 2.05) is 0 Å². The van der Waals surface area contributed by atoms with Gasteiger partial charge in [0, 0.05) is 6.54 Å². The topological polar surface area (TPSA) is 70.0 Å². The summed E-state index contributed by atoms with van der Waals surface area (Å²) in [5.74, 6) is 0. The fourth-order valence-electron chi connectivity index (χ4n) is 1.76. The number of hydrogen-bond donors (Lipinski definition) is 2. The van der Waals surface area contributed by atoms with Crippen molar-refractivity contribution in [1.82, 2.24) is 4.90 Å². The maximum Gasteiger partial charge on any atom is 0.412 e. The van der Waals surface area contributed by atoms with Crippen molar-refractivity contribution in [3.8, 4) is 0 Å². The summed E-state index contributed by atoms with van der Waals surface area (Å²) in [4.78, 5) is 13.0. The Morgan fingerprint density at radius 2 is 2.06 bits per heavy atom. The molecule has 1 aliphatic rings. The second-order valence-electron chi connectivity index (χ2n) is 5.23. The van der Waals surface area contributed by atoms with Crippen molar-refractivity contribution in [2.45, 2.75) is 51.4 Å². The van der Waals surface area contributed by atoms with Gasteiger partial charge in [-0.2, -0.15) is 0 Å². The SMILES string of the molecule is CC(C)(C)OC(=O)N1CCCC[C@]1(O)CO. The third-order valence-corrected chi connectivity index (χ3v) is 2.58. The Labute approximate surface area is 96.0 Å². The molecule has 0 aromatic rings. The summed E-state index contributed by atoms with van der Waals surface area (Å²) in [6.07, 6.45) is 1.45. The maximum atomic E-state index is 11.8. The van der Waals surface area contributed by atoms with Gasteiger partial charge in [-0.1, -0.05) is 0 Å². The Morgan fingerprint density at radius 3 is 2.56 bits per heavy atom. The Hall–Kier alpha value is -0.810. The molecule has 5 nitrogen and oxygen atoms in total. The molecule has 1 aliphatic heterocycles. The average Bonchev–Trinajstić information content (AvgIpc) is 2.15. The summed E-state index contributed by atoms with van der Waals surface area (Å²) < 4.78 is 5.19. The lowest BCUT2D eigenvalue weighted by Gasteiger charge is -2.42. The Kier molecular flexibility index (Phi) is 3.80. The van der Waals surface area contributed by atoms with E-state index in [2.05, 4.69) is 0 Å². The molecule has 1 atom stereocenters. The lowest BCUT2D eigenvalue weighted by molar-refractivity contribution is -0.150. The van der Waals surface area contributed by atoms with E-state index < -0.39 is 24.0 Å². The van der Waals surface area contributed by atoms with Crippen LogP contribution in [-0.4, -0.2) is 45.7 Å². The van der Waals surface area contributed by atoms with Gasteiger partial charge in [-0.15, -0.1) is 0 Å². The Bertz CT molecular complexity index is 261. The molecule has 5 heteroatoms. The molecule has 16 heavy (non-hydrogen) atoms. The number of rotatable bonds is 1. The van der Waals surface area contributed by atoms with Gasteiger partial charge in [0.05, 0.1) is 6.61 Å². The zero-order valence-electron chi connectivity index (χ0n) is 10.2. The number of amides is 1. The first kappa shape index (κ1) is 13.3. The lowest BCUT2D eigenvalue weighted by Crippen LogP contribution is -2.57. The van der Waals surface area contributed by atoms with E-state index in [1.165, 1.54) is 4.90 Å². The minimum Gasteiger partial charge on any atom is -0.444 e. The van der Waals surface area contributed by atoms with Crippen molar-refractivity contribution in [2.24, 2.45) is 0 Å². The van der Waals surface area contributed by atoms with Crippen LogP contribution in [0, 0.1) is 0 Å². The molecule has 0 aromatic carbocycles. The largest absolute Gasteiger partial charge is 0.444 e. The molecule has 1 rings (SSSR count). The molecule has 1 heterocycles. The summed E-state index contributed by atoms with van der Waals surface area (Å²) >= 11 is 0. The second kappa shape index (κ2) is 4.59. The quantitative estimate of drug-likeness (QED) is 0.708. The Balaban J connectivity index is 2.72. The average molecular weight is 231 g/mol. The predicted octanol–water partition coefficient (Wildman–Crippen LogP) is 1.09. The summed E-state index contributed by atoms with van der Waals surface area (Å²) in [5.41, 5.74) is -2.05. The number of carbonyl (C=O) groups excluding carboxylic acids is 1. The van der Waals surface area contributed by atoms with Crippen molar-refractivity contribution in [3.63, 3.8) is 0 Å². The molecule has 0 aromatic heterocycles. The third kappa shape index (κ3) is 3.09. The standard InChI is InChI=1S/C11H21NO4/c1-10(2,3)16-9(14)12-7-5-4-6-11(12,15)8-13/h13,15H,4-8H2,1-3H3/t11-/m0/s1. The molecule has 0 radical (unpaired) electrons. The minimum atomic E-state index is -1.46. The van der Waals surface area contributed by atoms with Crippen LogP contribution in [-0.2, 0) is 4.74 Å². The molecular formula is C11H21NO4. The van der Waals surface area contributed by atoms with Crippen LogP contribution in [0.25, 0.3) is 0 Å². The van der Waals surface area contributed by atoms with Crippen LogP contribution >= 0.6 is 0 Å². The van der Waals surface area contributed by atoms with Gasteiger partial charge >= 0.3 is 6.09 Å². The highest BCUT2D eigenvalue weighted by molar-refractivity contribution is 5.69. The van der Waals surface area contributed by atoms with Crippen molar-refractivity contribution in [3.05, 3.63) is 0 Å². The highest BCUT2D eigenvalue weighted by atomic mass is 16.6. The van der Waals surface area contributed by atoms with E-state index in [0.717, 1.165) is 12.8 Å². The lowest BCUT2D eigenvalue weighted by atomic mass is 9.99. The highest BCUT2D eigenvalue weighted by Gasteiger charge is 2.41. The van der Waals surface area contributed by atoms with E-state index in [-0.39, 0.29) is 0 Å². The second-order valence-corrected chi connectivity index (χ2v) is 5.23. The van der Waals surface area contributed by atoms with Gasteiger partial charge in [0.1, 0.15) is 5.60 Å². The van der Waals surface area contributed by atoms with Gasteiger partial charge in [0.15, 0.2) is 5.72 Å². The first-order chi connectivity index (χ1) is 7.28. The number of aliphatic hydroxyl groups is 2. The van der Waals surface area contributed by atoms with E-state index >= 15 is 0 Å². The van der Waals surface area contributed by atoms with Crippen LogP contribution in [0.15, 0.2) is 0 Å². The third-order valence-electron chi connectivity index (χ3n) is 2.58. The number of nitrogens with zero attached hydrogens (tertiary/aromatic N) is 1. The van der Waals surface area contributed by atoms with E-state index in [1.54, 1.807) is 20.8 Å². The summed E-state index contributed by atoms with van der Waals surface area (Å²) in [5, 5.41) is 19.3. The van der Waals surface area contributed by atoms with E-state index in [4.69, 9.17) is 9.84 Å². The van der Waals surface area contributed by atoms with Gasteiger partial charge in [-0.05, 0) is 40.0 Å². The van der Waals surface area contributed by atoms with Gasteiger partial charge in [0.2, 0.25) is 0 Å². The fraction of sp³-hybridized carbons (Fsp3) is 0.909. The molecule has 2 N–H and O–H groups in total. The number of piperidine rings is 1. The van der Waals surface area contributed by atoms with Gasteiger partial charge in [-0.3, -0.25) is 4.90 Å². The molecule has 0 unspecified atom stereocenters. The van der Waals surface area contributed by atoms with E-state index in [0.29, 0.717) is 13.0 Å². The first-order valence-electron chi connectivity index (χ1n) is 5.62. The van der Waals surface area contributed by atoms with Crippen LogP contribution in [0.4, 0.5) is 4.79 Å². The van der Waals surface area contributed by atoms with Crippen molar-refractivity contribution in [1.29, 1.82) is 0 Å². The summed E-state index contributed by atoms with van der Waals surface area (Å²) in [6.45, 7) is 5.28. The maximum absolute atomic E-state index is 11.8. The first-order valence-corrected chi connectivity index (χ1v) is 5.62. The molecule has 0 spiro atoms. The van der Waals surface area contributed by atoms with Crippen LogP contribution in [0.5, 0.6) is 0 Å². The number of carbonyl (C=O) groups is 1. The van der Waals surface area contributed by atoms with Gasteiger partial charge in [0.25, 0.3) is 0 Å². The van der Waals surface area contributed by atoms with Gasteiger partial charge < -0.3 is 14.9 Å². The smallest absolute Gasteiger partial charge is 0.412 e. The van der Waals surface area contributed by atoms with Crippen LogP contribution < -0.4 is 0 Å². The zero-order valence-corrected chi connectivity index (χ0v) is 10.2. The monoisotopic (exact) mass is 231 g/mol. The van der Waals surface area contributed by atoms with Crippen LogP contribution in [0.1, 0.15) is 40.0 Å². The van der Waals surface area contributed by atoms with Crippen molar-refractivity contribution in [2.75, 3.05) is 13.2 Å². The molecule has 1 amide bonds. The molecule has 94 valence electrons. The van der Waals surface area contributed by atoms with Crippen LogP contribution in [0.2, 0.25) is 0 Å². The molecule has 0 aliphatic carbocycles. The van der Waals surface area contributed by atoms with E-state index in [9.17, 15) is 9.90 Å². The highest BCUT2D eigenvalue weighted by Crippen LogP contribution is 2.27. The minimum absolute atomic E-state index is 0.392. The molecular weight excluding hydrogens is 210 g/mol. The molecule has 1 fully saturated rings.